The van der Waals surface area contributed by atoms with E-state index in [2.05, 4.69) is 11.1 Å². The first kappa shape index (κ1) is 7.64. The molecule has 1 N–H and O–H groups in total. The first-order valence-electron chi connectivity index (χ1n) is 4.91. The van der Waals surface area contributed by atoms with Crippen molar-refractivity contribution in [1.29, 1.82) is 5.26 Å². The molecule has 2 nitrogen and oxygen atoms in total. The maximum atomic E-state index is 9.11. The Morgan fingerprint density at radius 2 is 2.07 bits per heavy atom. The Hall–Kier alpha value is -1.75. The molecule has 0 bridgehead atoms. The van der Waals surface area contributed by atoms with Crippen molar-refractivity contribution in [1.82, 2.24) is 4.98 Å². The number of fused-ring (bicyclic) bond motifs is 1. The van der Waals surface area contributed by atoms with Crippen LogP contribution >= 0.6 is 0 Å². The smallest absolute Gasteiger partial charge is 0.102 e. The number of hydrogen-bond acceptors (Lipinski definition) is 1. The van der Waals surface area contributed by atoms with E-state index in [9.17, 15) is 0 Å². The monoisotopic (exact) mass is 182 g/mol. The first-order chi connectivity index (χ1) is 6.90. The van der Waals surface area contributed by atoms with Crippen molar-refractivity contribution in [3.05, 3.63) is 35.5 Å². The molecule has 0 amide bonds. The fourth-order valence-electron chi connectivity index (χ4n) is 1.96. The number of benzene rings is 1. The molecule has 2 heteroatoms. The number of nitrogens with one attached hydrogen (secondary N) is 1. The van der Waals surface area contributed by atoms with Gasteiger partial charge in [0.05, 0.1) is 5.56 Å². The largest absolute Gasteiger partial charge is 0.357 e. The summed E-state index contributed by atoms with van der Waals surface area (Å²) >= 11 is 0. The topological polar surface area (TPSA) is 39.6 Å². The molecule has 1 aliphatic carbocycles. The van der Waals surface area contributed by atoms with Crippen LogP contribution in [0.5, 0.6) is 0 Å². The molecule has 1 fully saturated rings. The quantitative estimate of drug-likeness (QED) is 0.723. The molecule has 0 saturated heterocycles. The second-order valence-electron chi connectivity index (χ2n) is 3.85. The fourth-order valence-corrected chi connectivity index (χ4v) is 1.96. The zero-order chi connectivity index (χ0) is 9.54. The van der Waals surface area contributed by atoms with E-state index in [0.29, 0.717) is 5.92 Å². The van der Waals surface area contributed by atoms with Crippen LogP contribution in [0.3, 0.4) is 0 Å². The lowest BCUT2D eigenvalue weighted by atomic mass is 10.1. The van der Waals surface area contributed by atoms with E-state index >= 15 is 0 Å². The van der Waals surface area contributed by atoms with Crippen LogP contribution < -0.4 is 0 Å². The summed E-state index contributed by atoms with van der Waals surface area (Å²) in [5, 5.41) is 10.2. The number of hydrogen-bond donors (Lipinski definition) is 1. The average Bonchev–Trinajstić information content (AvgIpc) is 2.99. The van der Waals surface area contributed by atoms with Gasteiger partial charge >= 0.3 is 0 Å². The van der Waals surface area contributed by atoms with Gasteiger partial charge < -0.3 is 4.98 Å². The molecule has 1 aliphatic rings. The van der Waals surface area contributed by atoms with E-state index < -0.39 is 0 Å². The minimum absolute atomic E-state index is 0.608. The van der Waals surface area contributed by atoms with Gasteiger partial charge in [-0.3, -0.25) is 0 Å². The van der Waals surface area contributed by atoms with Crippen LogP contribution in [0.4, 0.5) is 0 Å². The second-order valence-corrected chi connectivity index (χ2v) is 3.85. The van der Waals surface area contributed by atoms with Crippen LogP contribution in [0.25, 0.3) is 10.9 Å². The molecule has 1 aromatic carbocycles. The lowest BCUT2D eigenvalue weighted by molar-refractivity contribution is 1.05. The fraction of sp³-hybridized carbons (Fsp3) is 0.250. The van der Waals surface area contributed by atoms with Crippen molar-refractivity contribution >= 4 is 10.9 Å². The second kappa shape index (κ2) is 2.62. The highest BCUT2D eigenvalue weighted by Crippen LogP contribution is 2.42. The van der Waals surface area contributed by atoms with E-state index in [0.717, 1.165) is 22.2 Å². The molecule has 3 rings (SSSR count). The number of aromatic amines is 1. The number of nitriles is 1. The average molecular weight is 182 g/mol. The van der Waals surface area contributed by atoms with Gasteiger partial charge in [0, 0.05) is 22.5 Å². The predicted octanol–water partition coefficient (Wildman–Crippen LogP) is 2.92. The Kier molecular flexibility index (Phi) is 1.43. The molecule has 0 aliphatic heterocycles. The van der Waals surface area contributed by atoms with Crippen molar-refractivity contribution in [2.75, 3.05) is 0 Å². The molecule has 1 aromatic heterocycles. The van der Waals surface area contributed by atoms with Crippen molar-refractivity contribution < 1.29 is 0 Å². The van der Waals surface area contributed by atoms with E-state index in [4.69, 9.17) is 5.26 Å². The third kappa shape index (κ3) is 0.958. The van der Waals surface area contributed by atoms with Gasteiger partial charge in [0.2, 0.25) is 0 Å². The van der Waals surface area contributed by atoms with E-state index in [1.807, 2.05) is 24.3 Å². The number of H-pyrrole nitrogens is 1. The SMILES string of the molecule is N#Cc1c(C2CC2)[nH]c2ccccc12. The van der Waals surface area contributed by atoms with Crippen LogP contribution in [0.2, 0.25) is 0 Å². The summed E-state index contributed by atoms with van der Waals surface area (Å²) < 4.78 is 0. The van der Waals surface area contributed by atoms with Crippen LogP contribution in [0, 0.1) is 11.3 Å². The highest BCUT2D eigenvalue weighted by atomic mass is 14.7. The van der Waals surface area contributed by atoms with E-state index in [1.165, 1.54) is 12.8 Å². The molecular formula is C12H10N2. The third-order valence-electron chi connectivity index (χ3n) is 2.83. The predicted molar refractivity (Wildman–Crippen MR) is 55.0 cm³/mol. The van der Waals surface area contributed by atoms with Crippen LogP contribution in [-0.2, 0) is 0 Å². The van der Waals surface area contributed by atoms with Crippen molar-refractivity contribution in [2.45, 2.75) is 18.8 Å². The van der Waals surface area contributed by atoms with Crippen LogP contribution in [-0.4, -0.2) is 4.98 Å². The van der Waals surface area contributed by atoms with Crippen LogP contribution in [0.1, 0.15) is 30.0 Å². The number of aromatic nitrogens is 1. The molecule has 68 valence electrons. The normalized spacial score (nSPS) is 15.6. The molecule has 14 heavy (non-hydrogen) atoms. The molecule has 0 radical (unpaired) electrons. The van der Waals surface area contributed by atoms with Gasteiger partial charge in [-0.25, -0.2) is 0 Å². The molecule has 1 saturated carbocycles. The van der Waals surface area contributed by atoms with E-state index in [-0.39, 0.29) is 0 Å². The summed E-state index contributed by atoms with van der Waals surface area (Å²) in [6.07, 6.45) is 2.45. The summed E-state index contributed by atoms with van der Waals surface area (Å²) in [5.74, 6) is 0.608. The van der Waals surface area contributed by atoms with Gasteiger partial charge in [-0.1, -0.05) is 18.2 Å². The number of rotatable bonds is 1. The Morgan fingerprint density at radius 3 is 2.79 bits per heavy atom. The maximum Gasteiger partial charge on any atom is 0.102 e. The van der Waals surface area contributed by atoms with Crippen LogP contribution in [0.15, 0.2) is 24.3 Å². The van der Waals surface area contributed by atoms with Crippen molar-refractivity contribution in [2.24, 2.45) is 0 Å². The van der Waals surface area contributed by atoms with Crippen molar-refractivity contribution in [3.8, 4) is 6.07 Å². The summed E-state index contributed by atoms with van der Waals surface area (Å²) in [5.41, 5.74) is 3.09. The Morgan fingerprint density at radius 1 is 1.29 bits per heavy atom. The number of nitrogens with zero attached hydrogens (tertiary/aromatic N) is 1. The van der Waals surface area contributed by atoms with Gasteiger partial charge in [-0.15, -0.1) is 0 Å². The van der Waals surface area contributed by atoms with Gasteiger partial charge in [0.1, 0.15) is 6.07 Å². The lowest BCUT2D eigenvalue weighted by Gasteiger charge is -1.91. The first-order valence-corrected chi connectivity index (χ1v) is 4.91. The summed E-state index contributed by atoms with van der Waals surface area (Å²) in [4.78, 5) is 3.35. The third-order valence-corrected chi connectivity index (χ3v) is 2.83. The summed E-state index contributed by atoms with van der Waals surface area (Å²) in [6.45, 7) is 0. The standard InChI is InChI=1S/C12H10N2/c13-7-10-9-3-1-2-4-11(9)14-12(10)8-5-6-8/h1-4,8,14H,5-6H2. The van der Waals surface area contributed by atoms with Crippen molar-refractivity contribution in [3.63, 3.8) is 0 Å². The maximum absolute atomic E-state index is 9.11. The molecule has 0 spiro atoms. The van der Waals surface area contributed by atoms with Gasteiger partial charge in [0.15, 0.2) is 0 Å². The zero-order valence-electron chi connectivity index (χ0n) is 7.75. The van der Waals surface area contributed by atoms with E-state index in [1.54, 1.807) is 0 Å². The lowest BCUT2D eigenvalue weighted by Crippen LogP contribution is -1.82. The van der Waals surface area contributed by atoms with Gasteiger partial charge in [-0.2, -0.15) is 5.26 Å². The Labute approximate surface area is 82.2 Å². The molecule has 0 atom stereocenters. The highest BCUT2D eigenvalue weighted by molar-refractivity contribution is 5.87. The van der Waals surface area contributed by atoms with Gasteiger partial charge in [0.25, 0.3) is 0 Å². The minimum Gasteiger partial charge on any atom is -0.357 e. The van der Waals surface area contributed by atoms with Gasteiger partial charge in [-0.05, 0) is 18.9 Å². The highest BCUT2D eigenvalue weighted by Gasteiger charge is 2.28. The Balaban J connectivity index is 2.35. The zero-order valence-corrected chi connectivity index (χ0v) is 7.75. The molecular weight excluding hydrogens is 172 g/mol. The summed E-state index contributed by atoms with van der Waals surface area (Å²) in [7, 11) is 0. The minimum atomic E-state index is 0.608. The molecule has 1 heterocycles. The molecule has 2 aromatic rings. The summed E-state index contributed by atoms with van der Waals surface area (Å²) in [6, 6.07) is 10.3. The molecule has 0 unspecified atom stereocenters. The Bertz CT molecular complexity index is 527. The number of para-hydroxylation sites is 1.